The quantitative estimate of drug-likeness (QED) is 0.734. The highest BCUT2D eigenvalue weighted by Gasteiger charge is 2.40. The molecule has 4 unspecified atom stereocenters. The molecule has 0 amide bonds. The molecule has 0 bridgehead atoms. The summed E-state index contributed by atoms with van der Waals surface area (Å²) in [5, 5.41) is 0. The molecule has 2 aliphatic rings. The van der Waals surface area contributed by atoms with Crippen molar-refractivity contribution in [3.63, 3.8) is 0 Å². The highest BCUT2D eigenvalue weighted by Crippen LogP contribution is 2.49. The lowest BCUT2D eigenvalue weighted by molar-refractivity contribution is 0.263. The van der Waals surface area contributed by atoms with Crippen molar-refractivity contribution >= 4 is 0 Å². The molecule has 0 radical (unpaired) electrons. The molecule has 2 rings (SSSR count). The van der Waals surface area contributed by atoms with Crippen LogP contribution in [0.3, 0.4) is 0 Å². The summed E-state index contributed by atoms with van der Waals surface area (Å²) in [6.45, 7) is 4.45. The van der Waals surface area contributed by atoms with Crippen molar-refractivity contribution in [1.29, 1.82) is 0 Å². The van der Waals surface area contributed by atoms with Gasteiger partial charge in [-0.2, -0.15) is 0 Å². The fourth-order valence-corrected chi connectivity index (χ4v) is 3.68. The highest BCUT2D eigenvalue weighted by molar-refractivity contribution is 4.93. The molecule has 0 aromatic rings. The fourth-order valence-electron chi connectivity index (χ4n) is 3.68. The Labute approximate surface area is 88.4 Å². The minimum atomic E-state index is 0.0994. The van der Waals surface area contributed by atoms with Crippen LogP contribution in [0.4, 0.5) is 0 Å². The molecule has 1 heteroatoms. The molecule has 0 saturated heterocycles. The third-order valence-corrected chi connectivity index (χ3v) is 4.77. The van der Waals surface area contributed by atoms with E-state index in [2.05, 4.69) is 13.8 Å². The van der Waals surface area contributed by atoms with Gasteiger partial charge in [0.25, 0.3) is 0 Å². The van der Waals surface area contributed by atoms with E-state index in [0.29, 0.717) is 0 Å². The molecular weight excluding hydrogens is 170 g/mol. The lowest BCUT2D eigenvalue weighted by atomic mass is 9.81. The van der Waals surface area contributed by atoms with Gasteiger partial charge in [-0.05, 0) is 56.8 Å². The molecule has 2 saturated carbocycles. The number of rotatable bonds is 3. The fraction of sp³-hybridized carbons (Fsp3) is 1.00. The van der Waals surface area contributed by atoms with Crippen LogP contribution in [0.2, 0.25) is 0 Å². The molecule has 1 nitrogen and oxygen atoms in total. The summed E-state index contributed by atoms with van der Waals surface area (Å²) >= 11 is 0. The van der Waals surface area contributed by atoms with E-state index in [4.69, 9.17) is 5.73 Å². The van der Waals surface area contributed by atoms with E-state index in [1.54, 1.807) is 0 Å². The van der Waals surface area contributed by atoms with Gasteiger partial charge in [0.2, 0.25) is 0 Å². The monoisotopic (exact) mass is 195 g/mol. The van der Waals surface area contributed by atoms with Crippen LogP contribution in [-0.2, 0) is 0 Å². The number of hydrogen-bond acceptors (Lipinski definition) is 1. The maximum atomic E-state index is 6.28. The zero-order chi connectivity index (χ0) is 10.2. The Balaban J connectivity index is 1.93. The summed E-state index contributed by atoms with van der Waals surface area (Å²) in [6, 6.07) is 0. The van der Waals surface area contributed by atoms with E-state index >= 15 is 0 Å². The molecule has 82 valence electrons. The van der Waals surface area contributed by atoms with Crippen LogP contribution in [-0.4, -0.2) is 5.54 Å². The van der Waals surface area contributed by atoms with Gasteiger partial charge >= 0.3 is 0 Å². The molecule has 4 atom stereocenters. The normalized spacial score (nSPS) is 40.9. The van der Waals surface area contributed by atoms with E-state index in [1.807, 2.05) is 0 Å². The summed E-state index contributed by atoms with van der Waals surface area (Å²) in [4.78, 5) is 0. The van der Waals surface area contributed by atoms with Crippen LogP contribution < -0.4 is 5.73 Å². The molecule has 0 heterocycles. The van der Waals surface area contributed by atoms with E-state index < -0.39 is 0 Å². The largest absolute Gasteiger partial charge is 0.325 e. The average molecular weight is 195 g/mol. The lowest BCUT2D eigenvalue weighted by Crippen LogP contribution is -2.38. The molecule has 0 spiro atoms. The summed E-state index contributed by atoms with van der Waals surface area (Å²) in [5.74, 6) is 3.08. The third kappa shape index (κ3) is 1.98. The van der Waals surface area contributed by atoms with Crippen LogP contribution in [0.25, 0.3) is 0 Å². The van der Waals surface area contributed by atoms with Gasteiger partial charge in [0.05, 0.1) is 0 Å². The molecule has 2 N–H and O–H groups in total. The first-order valence-electron chi connectivity index (χ1n) is 6.41. The van der Waals surface area contributed by atoms with E-state index in [9.17, 15) is 0 Å². The lowest BCUT2D eigenvalue weighted by Gasteiger charge is -2.29. The Morgan fingerprint density at radius 3 is 2.71 bits per heavy atom. The first-order chi connectivity index (χ1) is 6.62. The molecule has 0 aromatic carbocycles. The SMILES string of the molecule is CCC(C)(N)CC1CCC2CCCC21. The van der Waals surface area contributed by atoms with Crippen molar-refractivity contribution in [1.82, 2.24) is 0 Å². The molecular formula is C13H25N. The summed E-state index contributed by atoms with van der Waals surface area (Å²) in [5.41, 5.74) is 6.38. The van der Waals surface area contributed by atoms with Crippen molar-refractivity contribution in [2.45, 2.75) is 64.3 Å². The van der Waals surface area contributed by atoms with Gasteiger partial charge in [0, 0.05) is 5.54 Å². The Morgan fingerprint density at radius 2 is 2.00 bits per heavy atom. The van der Waals surface area contributed by atoms with Crippen molar-refractivity contribution in [2.75, 3.05) is 0 Å². The highest BCUT2D eigenvalue weighted by atomic mass is 14.7. The van der Waals surface area contributed by atoms with Gasteiger partial charge in [-0.25, -0.2) is 0 Å². The van der Waals surface area contributed by atoms with Crippen LogP contribution in [0.15, 0.2) is 0 Å². The van der Waals surface area contributed by atoms with Crippen molar-refractivity contribution in [2.24, 2.45) is 23.5 Å². The molecule has 0 aliphatic heterocycles. The minimum Gasteiger partial charge on any atom is -0.325 e. The Kier molecular flexibility index (Phi) is 2.88. The van der Waals surface area contributed by atoms with Crippen LogP contribution >= 0.6 is 0 Å². The predicted molar refractivity (Wildman–Crippen MR) is 61.1 cm³/mol. The second kappa shape index (κ2) is 3.84. The zero-order valence-corrected chi connectivity index (χ0v) is 9.76. The standard InChI is InChI=1S/C13H25N/c1-3-13(2,14)9-11-8-7-10-5-4-6-12(10)11/h10-12H,3-9,14H2,1-2H3. The summed E-state index contributed by atoms with van der Waals surface area (Å²) in [7, 11) is 0. The van der Waals surface area contributed by atoms with E-state index in [-0.39, 0.29) is 5.54 Å². The number of nitrogens with two attached hydrogens (primary N) is 1. The van der Waals surface area contributed by atoms with E-state index in [0.717, 1.165) is 24.2 Å². The second-order valence-electron chi connectivity index (χ2n) is 5.90. The second-order valence-corrected chi connectivity index (χ2v) is 5.90. The van der Waals surface area contributed by atoms with Gasteiger partial charge < -0.3 is 5.73 Å². The molecule has 14 heavy (non-hydrogen) atoms. The van der Waals surface area contributed by atoms with Gasteiger partial charge in [-0.15, -0.1) is 0 Å². The van der Waals surface area contributed by atoms with E-state index in [1.165, 1.54) is 38.5 Å². The van der Waals surface area contributed by atoms with Crippen LogP contribution in [0.5, 0.6) is 0 Å². The Morgan fingerprint density at radius 1 is 1.21 bits per heavy atom. The first-order valence-corrected chi connectivity index (χ1v) is 6.41. The van der Waals surface area contributed by atoms with Crippen LogP contribution in [0.1, 0.15) is 58.8 Å². The van der Waals surface area contributed by atoms with Crippen molar-refractivity contribution in [3.05, 3.63) is 0 Å². The van der Waals surface area contributed by atoms with Gasteiger partial charge in [0.15, 0.2) is 0 Å². The maximum Gasteiger partial charge on any atom is 0.0126 e. The third-order valence-electron chi connectivity index (χ3n) is 4.77. The van der Waals surface area contributed by atoms with Gasteiger partial charge in [-0.1, -0.05) is 19.8 Å². The van der Waals surface area contributed by atoms with Gasteiger partial charge in [-0.3, -0.25) is 0 Å². The maximum absolute atomic E-state index is 6.28. The predicted octanol–water partition coefficient (Wildman–Crippen LogP) is 3.33. The zero-order valence-electron chi connectivity index (χ0n) is 9.76. The molecule has 2 aliphatic carbocycles. The first kappa shape index (κ1) is 10.5. The van der Waals surface area contributed by atoms with Crippen molar-refractivity contribution < 1.29 is 0 Å². The molecule has 2 fully saturated rings. The van der Waals surface area contributed by atoms with Crippen LogP contribution in [0, 0.1) is 17.8 Å². The number of fused-ring (bicyclic) bond motifs is 1. The number of hydrogen-bond donors (Lipinski definition) is 1. The molecule has 0 aromatic heterocycles. The smallest absolute Gasteiger partial charge is 0.0126 e. The summed E-state index contributed by atoms with van der Waals surface area (Å²) in [6.07, 6.45) is 9.84. The average Bonchev–Trinajstić information content (AvgIpc) is 2.70. The van der Waals surface area contributed by atoms with Crippen molar-refractivity contribution in [3.8, 4) is 0 Å². The topological polar surface area (TPSA) is 26.0 Å². The Hall–Kier alpha value is -0.0400. The van der Waals surface area contributed by atoms with Gasteiger partial charge in [0.1, 0.15) is 0 Å². The Bertz CT molecular complexity index is 197. The minimum absolute atomic E-state index is 0.0994. The summed E-state index contributed by atoms with van der Waals surface area (Å²) < 4.78 is 0.